The number of carboxylic acid groups (broad SMARTS) is 1. The van der Waals surface area contributed by atoms with Gasteiger partial charge in [-0.1, -0.05) is 97.1 Å². The Morgan fingerprint density at radius 1 is 0.760 bits per heavy atom. The van der Waals surface area contributed by atoms with Crippen molar-refractivity contribution < 1.29 is 9.90 Å². The van der Waals surface area contributed by atoms with E-state index in [1.54, 1.807) is 0 Å². The van der Waals surface area contributed by atoms with Crippen LogP contribution >= 0.6 is 0 Å². The average molecular weight is 353 g/mol. The maximum atomic E-state index is 11.1. The number of aliphatic carboxylic acids is 1. The first-order valence-electron chi connectivity index (χ1n) is 11.0. The second-order valence-corrected chi connectivity index (χ2v) is 7.92. The highest BCUT2D eigenvalue weighted by atomic mass is 16.4. The Morgan fingerprint density at radius 3 is 1.64 bits per heavy atom. The van der Waals surface area contributed by atoms with E-state index in [1.807, 2.05) is 13.8 Å². The minimum atomic E-state index is -0.622. The second-order valence-electron chi connectivity index (χ2n) is 7.92. The van der Waals surface area contributed by atoms with Crippen molar-refractivity contribution in [2.75, 3.05) is 0 Å². The van der Waals surface area contributed by atoms with Crippen LogP contribution in [0.4, 0.5) is 0 Å². The van der Waals surface area contributed by atoms with Crippen LogP contribution in [0.3, 0.4) is 0 Å². The minimum Gasteiger partial charge on any atom is -0.481 e. The number of carboxylic acids is 1. The molecule has 0 aliphatic heterocycles. The van der Waals surface area contributed by atoms with E-state index in [-0.39, 0.29) is 11.8 Å². The maximum Gasteiger partial charge on any atom is 0.306 e. The summed E-state index contributed by atoms with van der Waals surface area (Å²) in [5, 5.41) is 9.16. The molecule has 25 heavy (non-hydrogen) atoms. The molecule has 2 heteroatoms. The van der Waals surface area contributed by atoms with Crippen LogP contribution in [-0.4, -0.2) is 11.1 Å². The van der Waals surface area contributed by atoms with Gasteiger partial charge in [-0.2, -0.15) is 0 Å². The number of hydrogen-bond donors (Lipinski definition) is 1. The number of carbonyl (C=O) groups is 1. The van der Waals surface area contributed by atoms with Gasteiger partial charge < -0.3 is 5.11 Å². The normalized spacial score (nSPS) is 13.0. The van der Waals surface area contributed by atoms with E-state index in [4.69, 9.17) is 5.11 Å². The number of unbranched alkanes of at least 4 members (excludes halogenated alkanes) is 12. The molecule has 0 aliphatic carbocycles. The Labute approximate surface area is 157 Å². The fraction of sp³-hybridized carbons (Fsp3) is 0.870. The van der Waals surface area contributed by atoms with Gasteiger partial charge in [-0.05, 0) is 38.0 Å². The zero-order chi connectivity index (χ0) is 18.8. The molecule has 0 heterocycles. The molecule has 0 aromatic carbocycles. The zero-order valence-electron chi connectivity index (χ0n) is 17.3. The van der Waals surface area contributed by atoms with Crippen molar-refractivity contribution in [2.24, 2.45) is 11.8 Å². The lowest BCUT2D eigenvalue weighted by atomic mass is 9.90. The van der Waals surface area contributed by atoms with Crippen LogP contribution in [0, 0.1) is 11.8 Å². The summed E-state index contributed by atoms with van der Waals surface area (Å²) in [6.45, 7) is 6.29. The van der Waals surface area contributed by atoms with Crippen molar-refractivity contribution in [3.8, 4) is 0 Å². The standard InChI is InChI=1S/C23H44O2/c1-4-5-6-7-8-9-10-11-12-13-14-15-16-17-18-19-20-22(21(2)3)23(24)25/h11-12,21-22H,4-10,13-20H2,1-3H3,(H,24,25). The molecule has 0 saturated carbocycles. The molecule has 1 N–H and O–H groups in total. The highest BCUT2D eigenvalue weighted by Crippen LogP contribution is 2.19. The van der Waals surface area contributed by atoms with Crippen LogP contribution in [0.15, 0.2) is 12.2 Å². The topological polar surface area (TPSA) is 37.3 Å². The molecule has 0 aromatic heterocycles. The van der Waals surface area contributed by atoms with E-state index in [0.29, 0.717) is 0 Å². The van der Waals surface area contributed by atoms with Crippen LogP contribution in [0.1, 0.15) is 117 Å². The molecule has 0 fully saturated rings. The quantitative estimate of drug-likeness (QED) is 0.202. The summed E-state index contributed by atoms with van der Waals surface area (Å²) < 4.78 is 0. The number of rotatable bonds is 18. The molecular weight excluding hydrogens is 308 g/mol. The molecule has 0 aromatic rings. The van der Waals surface area contributed by atoms with Crippen LogP contribution in [0.5, 0.6) is 0 Å². The van der Waals surface area contributed by atoms with Gasteiger partial charge >= 0.3 is 5.97 Å². The molecular formula is C23H44O2. The van der Waals surface area contributed by atoms with Crippen molar-refractivity contribution >= 4 is 5.97 Å². The molecule has 1 unspecified atom stereocenters. The van der Waals surface area contributed by atoms with Crippen molar-refractivity contribution in [2.45, 2.75) is 117 Å². The Balaban J connectivity index is 3.30. The van der Waals surface area contributed by atoms with Crippen molar-refractivity contribution in [1.29, 1.82) is 0 Å². The van der Waals surface area contributed by atoms with E-state index >= 15 is 0 Å². The summed E-state index contributed by atoms with van der Waals surface area (Å²) in [5.74, 6) is -0.528. The smallest absolute Gasteiger partial charge is 0.306 e. The molecule has 1 atom stereocenters. The van der Waals surface area contributed by atoms with Crippen molar-refractivity contribution in [3.63, 3.8) is 0 Å². The van der Waals surface area contributed by atoms with E-state index in [9.17, 15) is 4.79 Å². The monoisotopic (exact) mass is 352 g/mol. The van der Waals surface area contributed by atoms with Gasteiger partial charge in [0.05, 0.1) is 5.92 Å². The Hall–Kier alpha value is -0.790. The van der Waals surface area contributed by atoms with Gasteiger partial charge in [-0.25, -0.2) is 0 Å². The molecule has 0 aliphatic rings. The number of allylic oxidation sites excluding steroid dienone is 2. The molecule has 0 bridgehead atoms. The number of hydrogen-bond acceptors (Lipinski definition) is 1. The lowest BCUT2D eigenvalue weighted by molar-refractivity contribution is -0.143. The third kappa shape index (κ3) is 16.4. The summed E-state index contributed by atoms with van der Waals surface area (Å²) in [6.07, 6.45) is 23.8. The third-order valence-corrected chi connectivity index (χ3v) is 5.15. The van der Waals surface area contributed by atoms with Crippen LogP contribution in [-0.2, 0) is 4.79 Å². The van der Waals surface area contributed by atoms with Gasteiger partial charge in [0, 0.05) is 0 Å². The first-order valence-corrected chi connectivity index (χ1v) is 11.0. The molecule has 0 rings (SSSR count). The van der Waals surface area contributed by atoms with E-state index in [0.717, 1.165) is 12.8 Å². The van der Waals surface area contributed by atoms with Gasteiger partial charge in [-0.15, -0.1) is 0 Å². The van der Waals surface area contributed by atoms with Crippen LogP contribution in [0.2, 0.25) is 0 Å². The summed E-state index contributed by atoms with van der Waals surface area (Å²) in [5.41, 5.74) is 0. The lowest BCUT2D eigenvalue weighted by Crippen LogP contribution is -2.19. The van der Waals surface area contributed by atoms with Gasteiger partial charge in [0.1, 0.15) is 0 Å². The molecule has 0 spiro atoms. The first kappa shape index (κ1) is 24.2. The van der Waals surface area contributed by atoms with Crippen molar-refractivity contribution in [1.82, 2.24) is 0 Å². The van der Waals surface area contributed by atoms with Crippen molar-refractivity contribution in [3.05, 3.63) is 12.2 Å². The molecule has 0 amide bonds. The van der Waals surface area contributed by atoms with Crippen LogP contribution in [0.25, 0.3) is 0 Å². The lowest BCUT2D eigenvalue weighted by Gasteiger charge is -2.15. The zero-order valence-corrected chi connectivity index (χ0v) is 17.3. The maximum absolute atomic E-state index is 11.1. The van der Waals surface area contributed by atoms with Gasteiger partial charge in [0.25, 0.3) is 0 Å². The molecule has 2 nitrogen and oxygen atoms in total. The minimum absolute atomic E-state index is 0.156. The SMILES string of the molecule is CCCCCCCCC=CCCCCCCCCC(C(=O)O)C(C)C. The van der Waals surface area contributed by atoms with Gasteiger partial charge in [0.15, 0.2) is 0 Å². The Bertz CT molecular complexity index is 320. The van der Waals surface area contributed by atoms with E-state index in [1.165, 1.54) is 83.5 Å². The average Bonchev–Trinajstić information content (AvgIpc) is 2.57. The summed E-state index contributed by atoms with van der Waals surface area (Å²) >= 11 is 0. The molecule has 0 radical (unpaired) electrons. The fourth-order valence-electron chi connectivity index (χ4n) is 3.35. The highest BCUT2D eigenvalue weighted by molar-refractivity contribution is 5.70. The van der Waals surface area contributed by atoms with E-state index < -0.39 is 5.97 Å². The summed E-state index contributed by atoms with van der Waals surface area (Å²) in [7, 11) is 0. The predicted molar refractivity (Wildman–Crippen MR) is 110 cm³/mol. The molecule has 0 saturated heterocycles. The van der Waals surface area contributed by atoms with Crippen LogP contribution < -0.4 is 0 Å². The predicted octanol–water partition coefficient (Wildman–Crippen LogP) is 7.77. The van der Waals surface area contributed by atoms with E-state index in [2.05, 4.69) is 19.1 Å². The van der Waals surface area contributed by atoms with Gasteiger partial charge in [-0.3, -0.25) is 4.79 Å². The molecule has 148 valence electrons. The Morgan fingerprint density at radius 2 is 1.20 bits per heavy atom. The summed E-state index contributed by atoms with van der Waals surface area (Å²) in [6, 6.07) is 0. The first-order chi connectivity index (χ1) is 12.1. The van der Waals surface area contributed by atoms with Gasteiger partial charge in [0.2, 0.25) is 0 Å². The fourth-order valence-corrected chi connectivity index (χ4v) is 3.35. The third-order valence-electron chi connectivity index (χ3n) is 5.15. The largest absolute Gasteiger partial charge is 0.481 e. The highest BCUT2D eigenvalue weighted by Gasteiger charge is 2.20. The second kappa shape index (κ2) is 18.0. The Kier molecular flexibility index (Phi) is 17.4. The summed E-state index contributed by atoms with van der Waals surface area (Å²) in [4.78, 5) is 11.1.